The molecule has 0 radical (unpaired) electrons. The van der Waals surface area contributed by atoms with E-state index >= 15 is 0 Å². The molecule has 0 atom stereocenters. The molecule has 0 aliphatic carbocycles. The van der Waals surface area contributed by atoms with E-state index in [4.69, 9.17) is 0 Å². The standard InChI is InChI=1S/3Te.U/q3*-2;+6. The Morgan fingerprint density at radius 2 is 0.500 bits per heavy atom. The second kappa shape index (κ2) is 16.1. The Balaban J connectivity index is 0. The van der Waals surface area contributed by atoms with Gasteiger partial charge in [-0.1, -0.05) is 0 Å². The minimum atomic E-state index is 0. The molecule has 0 spiro atoms. The fourth-order valence-corrected chi connectivity index (χ4v) is 0. The smallest absolute Gasteiger partial charge is 2.00 e. The third kappa shape index (κ3) is 9.05. The van der Waals surface area contributed by atoms with E-state index in [1.54, 1.807) is 0 Å². The van der Waals surface area contributed by atoms with Crippen LogP contribution in [0.4, 0.5) is 0 Å². The van der Waals surface area contributed by atoms with Crippen LogP contribution in [-0.2, 0) is 0 Å². The molecule has 0 rings (SSSR count). The third-order valence-corrected chi connectivity index (χ3v) is 0. The van der Waals surface area contributed by atoms with E-state index in [0.29, 0.717) is 0 Å². The summed E-state index contributed by atoms with van der Waals surface area (Å²) in [6.45, 7) is 0. The van der Waals surface area contributed by atoms with Gasteiger partial charge < -0.3 is 71.0 Å². The van der Waals surface area contributed by atoms with Crippen molar-refractivity contribution in [1.82, 2.24) is 0 Å². The molecule has 0 fully saturated rings. The Morgan fingerprint density at radius 3 is 0.500 bits per heavy atom. The van der Waals surface area contributed by atoms with Gasteiger partial charge in [-0.2, -0.15) is 0 Å². The monoisotopic (exact) mass is 628 g/mol. The molecular formula is Te3U. The molecule has 0 bridgehead atoms. The summed E-state index contributed by atoms with van der Waals surface area (Å²) in [7, 11) is 0. The van der Waals surface area contributed by atoms with E-state index in [9.17, 15) is 0 Å². The summed E-state index contributed by atoms with van der Waals surface area (Å²) in [5.74, 6) is 0. The first-order valence-corrected chi connectivity index (χ1v) is 0. The average Bonchev–Trinajstić information content (AvgIpc) is 0. The molecule has 0 aromatic rings. The van der Waals surface area contributed by atoms with Gasteiger partial charge in [0.15, 0.2) is 0 Å². The van der Waals surface area contributed by atoms with Gasteiger partial charge in [-0.3, -0.25) is 0 Å². The zero-order valence-corrected chi connectivity index (χ0v) is 12.9. The van der Waals surface area contributed by atoms with Gasteiger partial charge in [-0.25, -0.2) is 0 Å². The van der Waals surface area contributed by atoms with Gasteiger partial charge in [-0.15, -0.1) is 0 Å². The second-order valence-corrected chi connectivity index (χ2v) is 0. The number of hydrogen-bond donors (Lipinski definition) is 0. The van der Waals surface area contributed by atoms with Gasteiger partial charge in [0.2, 0.25) is 0 Å². The normalized spacial score (nSPS) is 0. The molecule has 0 aromatic carbocycles. The van der Waals surface area contributed by atoms with Crippen molar-refractivity contribution in [2.75, 3.05) is 0 Å². The van der Waals surface area contributed by atoms with Gasteiger partial charge in [0.25, 0.3) is 0 Å². The van der Waals surface area contributed by atoms with Crippen molar-refractivity contribution in [1.29, 1.82) is 0 Å². The fraction of sp³-hybridized carbons (Fsp3) is 0. The molecule has 0 heterocycles. The summed E-state index contributed by atoms with van der Waals surface area (Å²) >= 11 is 0. The number of rotatable bonds is 0. The zero-order chi connectivity index (χ0) is 0. The average molecular weight is 621 g/mol. The molecule has 4 heavy (non-hydrogen) atoms. The van der Waals surface area contributed by atoms with Crippen molar-refractivity contribution in [3.63, 3.8) is 0 Å². The second-order valence-electron chi connectivity index (χ2n) is 0. The van der Waals surface area contributed by atoms with Crippen LogP contribution >= 0.6 is 0 Å². The first kappa shape index (κ1) is 26.1. The SMILES string of the molecule is [Te-2].[Te-2].[Te-2].[U+6]. The Morgan fingerprint density at radius 1 is 0.500 bits per heavy atom. The minimum absolute atomic E-state index is 0. The van der Waals surface area contributed by atoms with Crippen LogP contribution in [0.25, 0.3) is 0 Å². The van der Waals surface area contributed by atoms with Gasteiger partial charge in [-0.05, 0) is 0 Å². The molecular weight excluding hydrogens is 621 g/mol. The molecule has 0 aromatic heterocycles. The molecule has 4 heteroatoms. The first-order valence-electron chi connectivity index (χ1n) is 0. The van der Waals surface area contributed by atoms with Crippen molar-refractivity contribution in [2.24, 2.45) is 0 Å². The van der Waals surface area contributed by atoms with Crippen molar-refractivity contribution in [3.05, 3.63) is 0 Å². The first-order chi connectivity index (χ1) is 0. The summed E-state index contributed by atoms with van der Waals surface area (Å²) in [6.07, 6.45) is 0. The fourth-order valence-electron chi connectivity index (χ4n) is 0. The molecule has 0 nitrogen and oxygen atoms in total. The van der Waals surface area contributed by atoms with E-state index in [1.165, 1.54) is 0 Å². The van der Waals surface area contributed by atoms with Crippen LogP contribution in [0, 0.1) is 31.1 Å². The predicted octanol–water partition coefficient (Wildman–Crippen LogP) is -1.14. The summed E-state index contributed by atoms with van der Waals surface area (Å²) in [4.78, 5) is 0. The minimum Gasteiger partial charge on any atom is -2.00 e. The Hall–Kier alpha value is 3.42. The van der Waals surface area contributed by atoms with Crippen LogP contribution in [0.15, 0.2) is 0 Å². The quantitative estimate of drug-likeness (QED) is 0.301. The predicted molar refractivity (Wildman–Crippen MR) is 17.3 cm³/mol. The molecule has 0 saturated carbocycles. The molecule has 22 valence electrons. The molecule has 0 saturated heterocycles. The Bertz CT molecular complexity index is 3.25. The van der Waals surface area contributed by atoms with Crippen molar-refractivity contribution in [3.8, 4) is 0 Å². The van der Waals surface area contributed by atoms with E-state index in [-0.39, 0.29) is 102 Å². The van der Waals surface area contributed by atoms with Crippen molar-refractivity contribution < 1.29 is 31.1 Å². The van der Waals surface area contributed by atoms with Gasteiger partial charge in [0.05, 0.1) is 0 Å². The topological polar surface area (TPSA) is 0 Å². The largest absolute Gasteiger partial charge is 6.00 e. The summed E-state index contributed by atoms with van der Waals surface area (Å²) in [5, 5.41) is 0. The van der Waals surface area contributed by atoms with Crippen LogP contribution in [0.1, 0.15) is 0 Å². The number of hydrogen-bond acceptors (Lipinski definition) is 0. The van der Waals surface area contributed by atoms with E-state index < -0.39 is 0 Å². The van der Waals surface area contributed by atoms with E-state index in [0.717, 1.165) is 0 Å². The Labute approximate surface area is 99.8 Å². The molecule has 0 N–H and O–H groups in total. The van der Waals surface area contributed by atoms with E-state index in [2.05, 4.69) is 0 Å². The molecule has 0 aliphatic rings. The summed E-state index contributed by atoms with van der Waals surface area (Å²) in [6, 6.07) is 0. The van der Waals surface area contributed by atoms with Gasteiger partial charge in [0, 0.05) is 0 Å². The summed E-state index contributed by atoms with van der Waals surface area (Å²) < 4.78 is 0. The zero-order valence-electron chi connectivity index (χ0n) is 1.72. The van der Waals surface area contributed by atoms with Crippen LogP contribution in [0.5, 0.6) is 0 Å². The van der Waals surface area contributed by atoms with Crippen LogP contribution in [0.2, 0.25) is 0 Å². The van der Waals surface area contributed by atoms with Crippen molar-refractivity contribution >= 4 is 71.0 Å². The van der Waals surface area contributed by atoms with E-state index in [1.807, 2.05) is 0 Å². The summed E-state index contributed by atoms with van der Waals surface area (Å²) in [5.41, 5.74) is 0. The molecule has 0 unspecified atom stereocenters. The molecule has 0 amide bonds. The van der Waals surface area contributed by atoms with Gasteiger partial charge >= 0.3 is 31.1 Å². The van der Waals surface area contributed by atoms with Crippen LogP contribution in [0.3, 0.4) is 0 Å². The van der Waals surface area contributed by atoms with Crippen molar-refractivity contribution in [2.45, 2.75) is 0 Å². The maximum atomic E-state index is 0. The Kier molecular flexibility index (Phi) is 105. The van der Waals surface area contributed by atoms with Crippen LogP contribution < -0.4 is 0 Å². The molecule has 0 aliphatic heterocycles. The maximum absolute atomic E-state index is 0. The van der Waals surface area contributed by atoms with Crippen LogP contribution in [-0.4, -0.2) is 71.0 Å². The third-order valence-electron chi connectivity index (χ3n) is 0. The maximum Gasteiger partial charge on any atom is 6.00 e. The van der Waals surface area contributed by atoms with Gasteiger partial charge in [0.1, 0.15) is 0 Å².